The number of ether oxygens (including phenoxy) is 2. The van der Waals surface area contributed by atoms with E-state index in [4.69, 9.17) is 9.47 Å². The van der Waals surface area contributed by atoms with Gasteiger partial charge in [-0.25, -0.2) is 0 Å². The van der Waals surface area contributed by atoms with Crippen molar-refractivity contribution in [2.45, 2.75) is 31.0 Å². The second kappa shape index (κ2) is 8.53. The van der Waals surface area contributed by atoms with E-state index in [2.05, 4.69) is 19.1 Å². The molecule has 0 aliphatic heterocycles. The summed E-state index contributed by atoms with van der Waals surface area (Å²) in [7, 11) is 1.64. The van der Waals surface area contributed by atoms with Gasteiger partial charge in [-0.05, 0) is 25.5 Å². The van der Waals surface area contributed by atoms with Crippen LogP contribution < -0.4 is 0 Å². The summed E-state index contributed by atoms with van der Waals surface area (Å²) in [5.41, 5.74) is 1.24. The Morgan fingerprint density at radius 2 is 2.00 bits per heavy atom. The third kappa shape index (κ3) is 5.87. The van der Waals surface area contributed by atoms with Crippen molar-refractivity contribution in [3.05, 3.63) is 29.8 Å². The molecule has 3 nitrogen and oxygen atoms in total. The average Bonchev–Trinajstić information content (AvgIpc) is 2.36. The van der Waals surface area contributed by atoms with Gasteiger partial charge in [-0.3, -0.25) is 0 Å². The lowest BCUT2D eigenvalue weighted by Gasteiger charge is -2.16. The number of aryl methyl sites for hydroxylation is 1. The van der Waals surface area contributed by atoms with E-state index < -0.39 is 6.10 Å². The van der Waals surface area contributed by atoms with Crippen LogP contribution >= 0.6 is 11.8 Å². The Balaban J connectivity index is 2.25. The second-order valence-corrected chi connectivity index (χ2v) is 5.39. The largest absolute Gasteiger partial charge is 0.390 e. The molecule has 1 N–H and O–H groups in total. The van der Waals surface area contributed by atoms with Crippen LogP contribution in [-0.4, -0.2) is 43.4 Å². The molecule has 0 bridgehead atoms. The fraction of sp³-hybridized carbons (Fsp3) is 0.571. The summed E-state index contributed by atoms with van der Waals surface area (Å²) in [6.45, 7) is 4.91. The lowest BCUT2D eigenvalue weighted by Crippen LogP contribution is -2.24. The molecule has 0 fully saturated rings. The SMILES string of the molecule is COCC(C)OCC(O)CSc1ccccc1C. The number of methoxy groups -OCH3 is 1. The predicted molar refractivity (Wildman–Crippen MR) is 75.2 cm³/mol. The molecule has 1 aromatic carbocycles. The van der Waals surface area contributed by atoms with Gasteiger partial charge in [-0.1, -0.05) is 18.2 Å². The van der Waals surface area contributed by atoms with Crippen LogP contribution in [0.15, 0.2) is 29.2 Å². The first-order valence-corrected chi connectivity index (χ1v) is 7.09. The third-order valence-corrected chi connectivity index (χ3v) is 3.82. The number of aliphatic hydroxyl groups excluding tert-OH is 1. The minimum absolute atomic E-state index is 0.0214. The highest BCUT2D eigenvalue weighted by molar-refractivity contribution is 7.99. The molecule has 2 unspecified atom stereocenters. The average molecular weight is 270 g/mol. The lowest BCUT2D eigenvalue weighted by molar-refractivity contribution is -0.0257. The van der Waals surface area contributed by atoms with Gasteiger partial charge in [0.15, 0.2) is 0 Å². The molecule has 0 spiro atoms. The monoisotopic (exact) mass is 270 g/mol. The van der Waals surface area contributed by atoms with E-state index in [-0.39, 0.29) is 6.10 Å². The van der Waals surface area contributed by atoms with Gasteiger partial charge in [0.2, 0.25) is 0 Å². The molecule has 18 heavy (non-hydrogen) atoms. The molecule has 0 heterocycles. The Morgan fingerprint density at radius 3 is 2.67 bits per heavy atom. The highest BCUT2D eigenvalue weighted by Gasteiger charge is 2.09. The van der Waals surface area contributed by atoms with Gasteiger partial charge in [-0.2, -0.15) is 0 Å². The minimum atomic E-state index is -0.450. The van der Waals surface area contributed by atoms with Crippen LogP contribution in [0, 0.1) is 6.92 Å². The molecule has 4 heteroatoms. The van der Waals surface area contributed by atoms with Crippen molar-refractivity contribution in [1.29, 1.82) is 0 Å². The van der Waals surface area contributed by atoms with Gasteiger partial charge in [0.05, 0.1) is 25.4 Å². The van der Waals surface area contributed by atoms with Crippen LogP contribution in [0.1, 0.15) is 12.5 Å². The van der Waals surface area contributed by atoms with Crippen molar-refractivity contribution in [3.8, 4) is 0 Å². The first-order valence-electron chi connectivity index (χ1n) is 6.10. The van der Waals surface area contributed by atoms with Gasteiger partial charge in [0.1, 0.15) is 0 Å². The molecule has 0 radical (unpaired) electrons. The number of thioether (sulfide) groups is 1. The fourth-order valence-corrected chi connectivity index (χ4v) is 2.45. The molecule has 1 rings (SSSR count). The molecule has 2 atom stereocenters. The van der Waals surface area contributed by atoms with E-state index in [1.807, 2.05) is 19.1 Å². The molecular formula is C14H22O3S. The van der Waals surface area contributed by atoms with Crippen molar-refractivity contribution in [2.24, 2.45) is 0 Å². The van der Waals surface area contributed by atoms with Crippen molar-refractivity contribution < 1.29 is 14.6 Å². The maximum Gasteiger partial charge on any atom is 0.0867 e. The van der Waals surface area contributed by atoms with E-state index in [1.165, 1.54) is 10.5 Å². The Morgan fingerprint density at radius 1 is 1.28 bits per heavy atom. The van der Waals surface area contributed by atoms with Crippen molar-refractivity contribution in [1.82, 2.24) is 0 Å². The second-order valence-electron chi connectivity index (χ2n) is 4.33. The predicted octanol–water partition coefficient (Wildman–Crippen LogP) is 2.50. The van der Waals surface area contributed by atoms with Crippen LogP contribution in [0.2, 0.25) is 0 Å². The molecule has 0 saturated carbocycles. The van der Waals surface area contributed by atoms with Crippen molar-refractivity contribution in [2.75, 3.05) is 26.1 Å². The first-order chi connectivity index (χ1) is 8.63. The normalized spacial score (nSPS) is 14.4. The number of aliphatic hydroxyl groups is 1. The summed E-state index contributed by atoms with van der Waals surface area (Å²) in [5, 5.41) is 9.83. The standard InChI is InChI=1S/C14H22O3S/c1-11-6-4-5-7-14(11)18-10-13(15)9-17-12(2)8-16-3/h4-7,12-13,15H,8-10H2,1-3H3. The zero-order valence-corrected chi connectivity index (χ0v) is 12.1. The summed E-state index contributed by atoms with van der Waals surface area (Å²) >= 11 is 1.66. The first kappa shape index (κ1) is 15.5. The van der Waals surface area contributed by atoms with Crippen molar-refractivity contribution >= 4 is 11.8 Å². The maximum absolute atomic E-state index is 9.83. The molecule has 0 saturated heterocycles. The van der Waals surface area contributed by atoms with Crippen LogP contribution in [0.5, 0.6) is 0 Å². The minimum Gasteiger partial charge on any atom is -0.390 e. The van der Waals surface area contributed by atoms with E-state index >= 15 is 0 Å². The maximum atomic E-state index is 9.83. The summed E-state index contributed by atoms with van der Waals surface area (Å²) in [5.74, 6) is 0.643. The van der Waals surface area contributed by atoms with Gasteiger partial charge >= 0.3 is 0 Å². The summed E-state index contributed by atoms with van der Waals surface area (Å²) in [6, 6.07) is 8.18. The number of hydrogen-bond acceptors (Lipinski definition) is 4. The van der Waals surface area contributed by atoms with Gasteiger partial charge in [0, 0.05) is 17.8 Å². The Hall–Kier alpha value is -0.550. The van der Waals surface area contributed by atoms with Crippen LogP contribution in [0.25, 0.3) is 0 Å². The van der Waals surface area contributed by atoms with Crippen molar-refractivity contribution in [3.63, 3.8) is 0 Å². The van der Waals surface area contributed by atoms with E-state index in [0.29, 0.717) is 19.0 Å². The highest BCUT2D eigenvalue weighted by Crippen LogP contribution is 2.22. The van der Waals surface area contributed by atoms with E-state index in [1.54, 1.807) is 18.9 Å². The Kier molecular flexibility index (Phi) is 7.35. The lowest BCUT2D eigenvalue weighted by atomic mass is 10.2. The van der Waals surface area contributed by atoms with Crippen LogP contribution in [0.3, 0.4) is 0 Å². The molecule has 1 aromatic rings. The van der Waals surface area contributed by atoms with E-state index in [9.17, 15) is 5.11 Å². The van der Waals surface area contributed by atoms with Gasteiger partial charge in [-0.15, -0.1) is 11.8 Å². The molecule has 102 valence electrons. The summed E-state index contributed by atoms with van der Waals surface area (Å²) < 4.78 is 10.4. The molecule has 0 aliphatic carbocycles. The van der Waals surface area contributed by atoms with Gasteiger partial charge < -0.3 is 14.6 Å². The molecule has 0 aliphatic rings. The topological polar surface area (TPSA) is 38.7 Å². The molecule has 0 amide bonds. The highest BCUT2D eigenvalue weighted by atomic mass is 32.2. The van der Waals surface area contributed by atoms with Crippen LogP contribution in [-0.2, 0) is 9.47 Å². The number of hydrogen-bond donors (Lipinski definition) is 1. The Labute approximate surface area is 113 Å². The zero-order chi connectivity index (χ0) is 13.4. The number of benzene rings is 1. The number of rotatable bonds is 8. The Bertz CT molecular complexity index is 344. The molecular weight excluding hydrogens is 248 g/mol. The van der Waals surface area contributed by atoms with Crippen LogP contribution in [0.4, 0.5) is 0 Å². The van der Waals surface area contributed by atoms with E-state index in [0.717, 1.165) is 0 Å². The molecule has 0 aromatic heterocycles. The zero-order valence-electron chi connectivity index (χ0n) is 11.3. The summed E-state index contributed by atoms with van der Waals surface area (Å²) in [6.07, 6.45) is -0.429. The smallest absolute Gasteiger partial charge is 0.0867 e. The fourth-order valence-electron chi connectivity index (χ4n) is 1.51. The van der Waals surface area contributed by atoms with Gasteiger partial charge in [0.25, 0.3) is 0 Å². The third-order valence-electron chi connectivity index (χ3n) is 2.50. The quantitative estimate of drug-likeness (QED) is 0.737. The summed E-state index contributed by atoms with van der Waals surface area (Å²) in [4.78, 5) is 1.21.